The Balaban J connectivity index is 1.85. The van der Waals surface area contributed by atoms with E-state index in [0.717, 1.165) is 19.5 Å². The monoisotopic (exact) mass is 321 g/mol. The molecule has 0 N–H and O–H groups in total. The Labute approximate surface area is 147 Å². The number of fused-ring (bicyclic) bond motifs is 1. The van der Waals surface area contributed by atoms with Crippen LogP contribution in [0.5, 0.6) is 0 Å². The number of allylic oxidation sites excluding steroid dienone is 4. The van der Waals surface area contributed by atoms with E-state index in [1.54, 1.807) is 5.56 Å². The molecule has 1 aromatic rings. The second-order valence-corrected chi connectivity index (χ2v) is 7.46. The predicted molar refractivity (Wildman–Crippen MR) is 104 cm³/mol. The fraction of sp³-hybridized carbons (Fsp3) is 0.478. The van der Waals surface area contributed by atoms with Crippen LogP contribution >= 0.6 is 0 Å². The molecule has 1 aliphatic carbocycles. The Morgan fingerprint density at radius 2 is 1.92 bits per heavy atom. The molecule has 2 aliphatic rings. The van der Waals surface area contributed by atoms with Crippen molar-refractivity contribution in [1.82, 2.24) is 4.90 Å². The third-order valence-electron chi connectivity index (χ3n) is 5.78. The van der Waals surface area contributed by atoms with Gasteiger partial charge in [0.1, 0.15) is 0 Å². The topological polar surface area (TPSA) is 3.24 Å². The van der Waals surface area contributed by atoms with Crippen molar-refractivity contribution in [2.24, 2.45) is 5.92 Å². The molecule has 3 rings (SSSR count). The number of rotatable bonds is 4. The van der Waals surface area contributed by atoms with Crippen LogP contribution in [0.15, 0.2) is 59.2 Å². The van der Waals surface area contributed by atoms with E-state index in [1.807, 2.05) is 0 Å². The molecular formula is C23H31N. The fourth-order valence-corrected chi connectivity index (χ4v) is 3.95. The molecule has 2 atom stereocenters. The lowest BCUT2D eigenvalue weighted by Crippen LogP contribution is -2.33. The lowest BCUT2D eigenvalue weighted by molar-refractivity contribution is 0.217. The molecule has 0 radical (unpaired) electrons. The third-order valence-corrected chi connectivity index (χ3v) is 5.78. The van der Waals surface area contributed by atoms with Gasteiger partial charge in [-0.05, 0) is 55.4 Å². The lowest BCUT2D eigenvalue weighted by Gasteiger charge is -2.28. The zero-order valence-corrected chi connectivity index (χ0v) is 15.7. The summed E-state index contributed by atoms with van der Waals surface area (Å²) in [6.45, 7) is 11.4. The molecular weight excluding hydrogens is 290 g/mol. The summed E-state index contributed by atoms with van der Waals surface area (Å²) in [5.74, 6) is 0.567. The van der Waals surface area contributed by atoms with E-state index in [-0.39, 0.29) is 0 Å². The summed E-state index contributed by atoms with van der Waals surface area (Å²) in [5, 5.41) is 0. The molecule has 24 heavy (non-hydrogen) atoms. The second-order valence-electron chi connectivity index (χ2n) is 7.46. The van der Waals surface area contributed by atoms with Gasteiger partial charge >= 0.3 is 0 Å². The summed E-state index contributed by atoms with van der Waals surface area (Å²) in [6.07, 6.45) is 10.7. The molecule has 1 heteroatoms. The van der Waals surface area contributed by atoms with Gasteiger partial charge in [-0.2, -0.15) is 0 Å². The molecule has 2 unspecified atom stereocenters. The quantitative estimate of drug-likeness (QED) is 0.689. The van der Waals surface area contributed by atoms with Crippen LogP contribution in [0.25, 0.3) is 0 Å². The van der Waals surface area contributed by atoms with Gasteiger partial charge in [-0.1, -0.05) is 61.9 Å². The van der Waals surface area contributed by atoms with Crippen LogP contribution in [0.4, 0.5) is 0 Å². The molecule has 1 aromatic carbocycles. The van der Waals surface area contributed by atoms with Gasteiger partial charge in [-0.25, -0.2) is 0 Å². The SMILES string of the molecule is CC/C=C\C1=C(CN2Cc3ccccc3CCC2C)C=C(C)C1C. The number of hydrogen-bond donors (Lipinski definition) is 0. The summed E-state index contributed by atoms with van der Waals surface area (Å²) in [6, 6.07) is 9.61. The van der Waals surface area contributed by atoms with Gasteiger partial charge < -0.3 is 0 Å². The van der Waals surface area contributed by atoms with Crippen molar-refractivity contribution in [3.63, 3.8) is 0 Å². The minimum Gasteiger partial charge on any atom is -0.292 e. The van der Waals surface area contributed by atoms with Crippen molar-refractivity contribution in [2.45, 2.75) is 59.5 Å². The molecule has 1 heterocycles. The molecule has 0 spiro atoms. The summed E-state index contributed by atoms with van der Waals surface area (Å²) in [4.78, 5) is 2.67. The van der Waals surface area contributed by atoms with E-state index < -0.39 is 0 Å². The molecule has 0 fully saturated rings. The average Bonchev–Trinajstić information content (AvgIpc) is 2.75. The Bertz CT molecular complexity index is 677. The van der Waals surface area contributed by atoms with Gasteiger partial charge in [-0.15, -0.1) is 0 Å². The van der Waals surface area contributed by atoms with Crippen LogP contribution in [0.1, 0.15) is 51.7 Å². The molecule has 0 bridgehead atoms. The van der Waals surface area contributed by atoms with Gasteiger partial charge in [0, 0.05) is 25.0 Å². The highest BCUT2D eigenvalue weighted by Crippen LogP contribution is 2.34. The van der Waals surface area contributed by atoms with Crippen LogP contribution in [-0.4, -0.2) is 17.5 Å². The lowest BCUT2D eigenvalue weighted by atomic mass is 9.97. The minimum atomic E-state index is 0.567. The van der Waals surface area contributed by atoms with Gasteiger partial charge in [0.15, 0.2) is 0 Å². The standard InChI is InChI=1S/C23H31N/c1-5-6-11-23-19(4)17(2)14-22(23)16-24-15-21-10-8-7-9-20(21)13-12-18(24)3/h6-11,14,18-19H,5,12-13,15-16H2,1-4H3/b11-6-. The minimum absolute atomic E-state index is 0.567. The third kappa shape index (κ3) is 3.57. The Morgan fingerprint density at radius 1 is 1.17 bits per heavy atom. The van der Waals surface area contributed by atoms with Crippen molar-refractivity contribution in [3.05, 3.63) is 70.3 Å². The molecule has 128 valence electrons. The van der Waals surface area contributed by atoms with E-state index in [4.69, 9.17) is 0 Å². The number of nitrogens with zero attached hydrogens (tertiary/aromatic N) is 1. The second kappa shape index (κ2) is 7.53. The Hall–Kier alpha value is -1.60. The van der Waals surface area contributed by atoms with Crippen molar-refractivity contribution >= 4 is 0 Å². The van der Waals surface area contributed by atoms with Gasteiger partial charge in [0.2, 0.25) is 0 Å². The average molecular weight is 322 g/mol. The normalized spacial score (nSPS) is 25.1. The highest BCUT2D eigenvalue weighted by atomic mass is 15.1. The summed E-state index contributed by atoms with van der Waals surface area (Å²) in [7, 11) is 0. The van der Waals surface area contributed by atoms with Crippen LogP contribution in [0, 0.1) is 5.92 Å². The Morgan fingerprint density at radius 3 is 2.67 bits per heavy atom. The number of hydrogen-bond acceptors (Lipinski definition) is 1. The van der Waals surface area contributed by atoms with Crippen molar-refractivity contribution in [3.8, 4) is 0 Å². The first-order chi connectivity index (χ1) is 11.6. The first-order valence-corrected chi connectivity index (χ1v) is 9.48. The van der Waals surface area contributed by atoms with E-state index in [0.29, 0.717) is 12.0 Å². The van der Waals surface area contributed by atoms with Crippen molar-refractivity contribution < 1.29 is 0 Å². The maximum absolute atomic E-state index is 2.67. The van der Waals surface area contributed by atoms with Crippen LogP contribution in [0.3, 0.4) is 0 Å². The zero-order valence-electron chi connectivity index (χ0n) is 15.7. The largest absolute Gasteiger partial charge is 0.292 e. The van der Waals surface area contributed by atoms with Crippen LogP contribution in [0.2, 0.25) is 0 Å². The predicted octanol–water partition coefficient (Wildman–Crippen LogP) is 5.68. The fourth-order valence-electron chi connectivity index (χ4n) is 3.95. The molecule has 0 saturated heterocycles. The van der Waals surface area contributed by atoms with Gasteiger partial charge in [0.05, 0.1) is 0 Å². The van der Waals surface area contributed by atoms with Gasteiger partial charge in [-0.3, -0.25) is 4.90 Å². The zero-order chi connectivity index (χ0) is 17.1. The smallest absolute Gasteiger partial charge is 0.0243 e. The molecule has 0 amide bonds. The van der Waals surface area contributed by atoms with E-state index in [1.165, 1.54) is 35.1 Å². The summed E-state index contributed by atoms with van der Waals surface area (Å²) < 4.78 is 0. The molecule has 0 aromatic heterocycles. The highest BCUT2D eigenvalue weighted by molar-refractivity contribution is 5.47. The number of aryl methyl sites for hydroxylation is 1. The van der Waals surface area contributed by atoms with E-state index >= 15 is 0 Å². The first kappa shape index (κ1) is 17.2. The van der Waals surface area contributed by atoms with Crippen molar-refractivity contribution in [1.29, 1.82) is 0 Å². The molecule has 1 nitrogen and oxygen atoms in total. The van der Waals surface area contributed by atoms with Crippen molar-refractivity contribution in [2.75, 3.05) is 6.54 Å². The molecule has 1 aliphatic heterocycles. The van der Waals surface area contributed by atoms with Crippen LogP contribution in [-0.2, 0) is 13.0 Å². The highest BCUT2D eigenvalue weighted by Gasteiger charge is 2.25. The van der Waals surface area contributed by atoms with Crippen LogP contribution < -0.4 is 0 Å². The maximum atomic E-state index is 2.67. The Kier molecular flexibility index (Phi) is 5.40. The first-order valence-electron chi connectivity index (χ1n) is 9.48. The van der Waals surface area contributed by atoms with E-state index in [2.05, 4.69) is 75.1 Å². The van der Waals surface area contributed by atoms with Gasteiger partial charge in [0.25, 0.3) is 0 Å². The van der Waals surface area contributed by atoms with E-state index in [9.17, 15) is 0 Å². The summed E-state index contributed by atoms with van der Waals surface area (Å²) in [5.41, 5.74) is 7.61. The summed E-state index contributed by atoms with van der Waals surface area (Å²) >= 11 is 0. The molecule has 0 saturated carbocycles. The maximum Gasteiger partial charge on any atom is 0.0243 e. The number of benzene rings is 1.